The van der Waals surface area contributed by atoms with Gasteiger partial charge in [-0.15, -0.1) is 0 Å². The van der Waals surface area contributed by atoms with Gasteiger partial charge in [0.25, 0.3) is 0 Å². The molecular formula is C30H48O4. The molecule has 4 nitrogen and oxygen atoms in total. The van der Waals surface area contributed by atoms with E-state index >= 15 is 0 Å². The Hall–Kier alpha value is -0.610. The molecule has 192 valence electrons. The second-order valence-electron chi connectivity index (χ2n) is 14.7. The molecule has 1 aliphatic heterocycles. The highest BCUT2D eigenvalue weighted by Gasteiger charge is 2.83. The van der Waals surface area contributed by atoms with Crippen molar-refractivity contribution in [3.63, 3.8) is 0 Å². The van der Waals surface area contributed by atoms with Gasteiger partial charge in [-0.3, -0.25) is 4.79 Å². The predicted octanol–water partition coefficient (Wildman–Crippen LogP) is 6.14. The highest BCUT2D eigenvalue weighted by atomic mass is 16.5. The number of rotatable bonds is 3. The summed E-state index contributed by atoms with van der Waals surface area (Å²) in [4.78, 5) is 11.8. The van der Waals surface area contributed by atoms with E-state index in [1.165, 1.54) is 52.1 Å². The third-order valence-corrected chi connectivity index (χ3v) is 13.6. The normalized spacial score (nSPS) is 56.9. The van der Waals surface area contributed by atoms with Crippen molar-refractivity contribution in [1.29, 1.82) is 0 Å². The van der Waals surface area contributed by atoms with Crippen LogP contribution in [0.5, 0.6) is 0 Å². The van der Waals surface area contributed by atoms with E-state index in [1.807, 2.05) is 0 Å². The van der Waals surface area contributed by atoms with Gasteiger partial charge in [0.15, 0.2) is 0 Å². The molecule has 2 spiro atoms. The van der Waals surface area contributed by atoms with Crippen LogP contribution >= 0.6 is 0 Å². The molecule has 5 saturated carbocycles. The number of fused-ring (bicyclic) bond motifs is 4. The molecule has 6 fully saturated rings. The van der Waals surface area contributed by atoms with E-state index in [-0.39, 0.29) is 23.6 Å². The minimum absolute atomic E-state index is 0.0581. The fourth-order valence-electron chi connectivity index (χ4n) is 12.0. The first-order valence-electron chi connectivity index (χ1n) is 14.4. The zero-order valence-corrected chi connectivity index (χ0v) is 22.5. The van der Waals surface area contributed by atoms with Crippen molar-refractivity contribution in [1.82, 2.24) is 0 Å². The summed E-state index contributed by atoms with van der Waals surface area (Å²) in [6.45, 7) is 12.5. The number of carbonyl (C=O) groups excluding carboxylic acids is 1. The first kappa shape index (κ1) is 23.8. The smallest absolute Gasteiger partial charge is 0.305 e. The number of methoxy groups -OCH3 is 1. The largest absolute Gasteiger partial charge is 0.469 e. The van der Waals surface area contributed by atoms with Crippen LogP contribution in [-0.4, -0.2) is 36.5 Å². The number of aliphatic hydroxyl groups excluding tert-OH is 1. The van der Waals surface area contributed by atoms with E-state index < -0.39 is 0 Å². The predicted molar refractivity (Wildman–Crippen MR) is 132 cm³/mol. The third kappa shape index (κ3) is 2.71. The summed E-state index contributed by atoms with van der Waals surface area (Å²) >= 11 is 0. The number of hydrogen-bond donors (Lipinski definition) is 1. The Labute approximate surface area is 206 Å². The average molecular weight is 473 g/mol. The quantitative estimate of drug-likeness (QED) is 0.501. The molecule has 4 unspecified atom stereocenters. The minimum atomic E-state index is -0.132. The van der Waals surface area contributed by atoms with Crippen molar-refractivity contribution in [2.75, 3.05) is 7.11 Å². The van der Waals surface area contributed by atoms with Crippen LogP contribution in [0.3, 0.4) is 0 Å². The summed E-state index contributed by atoms with van der Waals surface area (Å²) in [5.74, 6) is 2.66. The maximum Gasteiger partial charge on any atom is 0.305 e. The molecule has 11 atom stereocenters. The molecule has 1 saturated heterocycles. The first-order valence-corrected chi connectivity index (χ1v) is 14.4. The van der Waals surface area contributed by atoms with Gasteiger partial charge in [0.1, 0.15) is 0 Å². The molecular weight excluding hydrogens is 424 g/mol. The number of ether oxygens (including phenoxy) is 2. The van der Waals surface area contributed by atoms with Gasteiger partial charge in [-0.1, -0.05) is 34.6 Å². The summed E-state index contributed by atoms with van der Waals surface area (Å²) in [6, 6.07) is 0. The zero-order chi connectivity index (χ0) is 24.3. The molecule has 0 radical (unpaired) electrons. The van der Waals surface area contributed by atoms with Crippen LogP contribution in [0.25, 0.3) is 0 Å². The van der Waals surface area contributed by atoms with Gasteiger partial charge in [-0.2, -0.15) is 0 Å². The summed E-state index contributed by atoms with van der Waals surface area (Å²) in [7, 11) is 1.48. The lowest BCUT2D eigenvalue weighted by Crippen LogP contribution is -2.57. The fraction of sp³-hybridized carbons (Fsp3) is 0.967. The van der Waals surface area contributed by atoms with Gasteiger partial charge in [0, 0.05) is 6.42 Å². The van der Waals surface area contributed by atoms with Crippen molar-refractivity contribution >= 4 is 5.97 Å². The van der Waals surface area contributed by atoms with Gasteiger partial charge in [0.2, 0.25) is 0 Å². The molecule has 34 heavy (non-hydrogen) atoms. The fourth-order valence-corrected chi connectivity index (χ4v) is 12.0. The number of aliphatic hydroxyl groups is 1. The second-order valence-corrected chi connectivity index (χ2v) is 14.7. The molecule has 5 aliphatic carbocycles. The maximum absolute atomic E-state index is 11.8. The van der Waals surface area contributed by atoms with Crippen LogP contribution in [0, 0.1) is 50.7 Å². The molecule has 0 amide bonds. The maximum atomic E-state index is 11.8. The van der Waals surface area contributed by atoms with Gasteiger partial charge in [-0.05, 0) is 115 Å². The summed E-state index contributed by atoms with van der Waals surface area (Å²) < 4.78 is 11.7. The molecule has 0 aromatic carbocycles. The average Bonchev–Trinajstić information content (AvgIpc) is 3.38. The van der Waals surface area contributed by atoms with E-state index in [0.717, 1.165) is 25.2 Å². The van der Waals surface area contributed by atoms with Gasteiger partial charge >= 0.3 is 5.97 Å². The van der Waals surface area contributed by atoms with E-state index in [9.17, 15) is 9.90 Å². The second kappa shape index (κ2) is 7.24. The zero-order valence-electron chi connectivity index (χ0n) is 22.5. The Morgan fingerprint density at radius 1 is 1.00 bits per heavy atom. The molecule has 1 heterocycles. The number of carbonyl (C=O) groups is 1. The Kier molecular flexibility index (Phi) is 5.06. The topological polar surface area (TPSA) is 55.8 Å². The lowest BCUT2D eigenvalue weighted by Gasteiger charge is -2.63. The lowest BCUT2D eigenvalue weighted by atomic mass is 9.41. The Balaban J connectivity index is 1.28. The molecule has 6 aliphatic rings. The van der Waals surface area contributed by atoms with Crippen LogP contribution in [0.4, 0.5) is 0 Å². The van der Waals surface area contributed by atoms with E-state index in [0.29, 0.717) is 51.9 Å². The Morgan fingerprint density at radius 2 is 1.71 bits per heavy atom. The molecule has 0 bridgehead atoms. The summed E-state index contributed by atoms with van der Waals surface area (Å²) in [5.41, 5.74) is 1.75. The standard InChI is InChI=1S/C30H48O4/c1-18-15-19(7-10-24(32)33-6)34-20-16-28(5)22-9-8-21-26(2,3)23(31)11-12-29(21)17-30(22,29)14-13-27(28,4)25(18)20/h18-23,25,31H,7-17H2,1-6H3/t18-,19?,20?,21?,22+,23+,25?,27-,28+,29-,30+/m1/s1. The van der Waals surface area contributed by atoms with Crippen molar-refractivity contribution in [3.8, 4) is 0 Å². The van der Waals surface area contributed by atoms with Gasteiger partial charge < -0.3 is 14.6 Å². The van der Waals surface area contributed by atoms with E-state index in [4.69, 9.17) is 9.47 Å². The number of hydrogen-bond acceptors (Lipinski definition) is 4. The molecule has 6 rings (SSSR count). The summed E-state index contributed by atoms with van der Waals surface area (Å²) in [6.07, 6.45) is 13.0. The van der Waals surface area contributed by atoms with Crippen LogP contribution in [0.1, 0.15) is 105 Å². The van der Waals surface area contributed by atoms with Crippen LogP contribution in [0.15, 0.2) is 0 Å². The Bertz CT molecular complexity index is 868. The highest BCUT2D eigenvalue weighted by molar-refractivity contribution is 5.69. The SMILES string of the molecule is COC(=O)CCC1C[C@@H](C)C2C(C[C@@]3(C)[C@@H]4CCC5C(C)(C)[C@@H](O)CC[C@@]56C[C@@]46CC[C@]23C)O1. The highest BCUT2D eigenvalue weighted by Crippen LogP contribution is 2.89. The Morgan fingerprint density at radius 3 is 2.44 bits per heavy atom. The van der Waals surface area contributed by atoms with E-state index in [2.05, 4.69) is 34.6 Å². The number of esters is 1. The third-order valence-electron chi connectivity index (χ3n) is 13.6. The van der Waals surface area contributed by atoms with Gasteiger partial charge in [0.05, 0.1) is 25.4 Å². The van der Waals surface area contributed by atoms with E-state index in [1.54, 1.807) is 0 Å². The van der Waals surface area contributed by atoms with Gasteiger partial charge in [-0.25, -0.2) is 0 Å². The van der Waals surface area contributed by atoms with Crippen molar-refractivity contribution in [2.24, 2.45) is 50.7 Å². The monoisotopic (exact) mass is 472 g/mol. The molecule has 4 heteroatoms. The molecule has 1 N–H and O–H groups in total. The van der Waals surface area contributed by atoms with Crippen molar-refractivity contribution in [2.45, 2.75) is 124 Å². The lowest BCUT2D eigenvalue weighted by molar-refractivity contribution is -0.167. The van der Waals surface area contributed by atoms with Crippen molar-refractivity contribution in [3.05, 3.63) is 0 Å². The molecule has 0 aromatic heterocycles. The summed E-state index contributed by atoms with van der Waals surface area (Å²) in [5, 5.41) is 10.9. The minimum Gasteiger partial charge on any atom is -0.469 e. The molecule has 0 aromatic rings. The van der Waals surface area contributed by atoms with Crippen LogP contribution < -0.4 is 0 Å². The van der Waals surface area contributed by atoms with Crippen LogP contribution in [0.2, 0.25) is 0 Å². The van der Waals surface area contributed by atoms with Crippen LogP contribution in [-0.2, 0) is 14.3 Å². The van der Waals surface area contributed by atoms with Crippen molar-refractivity contribution < 1.29 is 19.4 Å². The first-order chi connectivity index (χ1) is 15.9.